The summed E-state index contributed by atoms with van der Waals surface area (Å²) < 4.78 is 1.76. The monoisotopic (exact) mass is 384 g/mol. The lowest BCUT2D eigenvalue weighted by Crippen LogP contribution is -2.42. The minimum atomic E-state index is -0.0954. The van der Waals surface area contributed by atoms with Crippen molar-refractivity contribution in [3.05, 3.63) is 46.1 Å². The second-order valence-corrected chi connectivity index (χ2v) is 7.21. The zero-order valence-electron chi connectivity index (χ0n) is 16.2. The third-order valence-corrected chi connectivity index (χ3v) is 5.62. The number of hydrogen-bond acceptors (Lipinski definition) is 5. The number of Topliss-reactive ketones (excluding diaryl/α,β-unsaturated/α-hetero) is 1. The molecule has 2 aromatic rings. The second kappa shape index (κ2) is 8.08. The third-order valence-electron chi connectivity index (χ3n) is 4.56. The number of aromatic nitrogens is 3. The van der Waals surface area contributed by atoms with E-state index in [1.54, 1.807) is 9.69 Å². The molecule has 2 heterocycles. The maximum Gasteiger partial charge on any atom is 0.246 e. The van der Waals surface area contributed by atoms with Crippen LogP contribution >= 0.6 is 11.8 Å². The molecule has 0 atom stereocenters. The van der Waals surface area contributed by atoms with Gasteiger partial charge in [-0.1, -0.05) is 52.0 Å². The maximum atomic E-state index is 13.0. The van der Waals surface area contributed by atoms with Crippen LogP contribution < -0.4 is 5.01 Å². The number of ketones is 1. The summed E-state index contributed by atoms with van der Waals surface area (Å²) in [5, 5.41) is 10.6. The molecule has 0 spiro atoms. The van der Waals surface area contributed by atoms with Gasteiger partial charge >= 0.3 is 0 Å². The Morgan fingerprint density at radius 3 is 2.22 bits per heavy atom. The molecule has 1 aliphatic rings. The SMILES string of the molecule is CCC(=O)C1=C(c2ccc(CC)cc2)N(C(=O)CC)n2c(CC)nnc2S1. The average Bonchev–Trinajstić information content (AvgIpc) is 3.14. The van der Waals surface area contributed by atoms with Gasteiger partial charge in [0, 0.05) is 24.8 Å². The molecule has 0 bridgehead atoms. The molecule has 1 aliphatic heterocycles. The Hall–Kier alpha value is -2.41. The van der Waals surface area contributed by atoms with Crippen molar-refractivity contribution in [3.8, 4) is 0 Å². The van der Waals surface area contributed by atoms with Crippen LogP contribution in [0.5, 0.6) is 0 Å². The molecule has 0 radical (unpaired) electrons. The number of fused-ring (bicyclic) bond motifs is 1. The molecule has 1 aromatic carbocycles. The zero-order valence-corrected chi connectivity index (χ0v) is 17.0. The van der Waals surface area contributed by atoms with Crippen molar-refractivity contribution in [3.63, 3.8) is 0 Å². The molecule has 1 aromatic heterocycles. The van der Waals surface area contributed by atoms with Gasteiger partial charge in [0.2, 0.25) is 11.1 Å². The van der Waals surface area contributed by atoms with Crippen molar-refractivity contribution in [2.75, 3.05) is 5.01 Å². The topological polar surface area (TPSA) is 68.1 Å². The van der Waals surface area contributed by atoms with Crippen LogP contribution in [0.1, 0.15) is 57.5 Å². The van der Waals surface area contributed by atoms with Crippen molar-refractivity contribution in [2.45, 2.75) is 58.5 Å². The third kappa shape index (κ3) is 3.43. The van der Waals surface area contributed by atoms with Crippen molar-refractivity contribution >= 4 is 29.1 Å². The molecule has 0 saturated heterocycles. The summed E-state index contributed by atoms with van der Waals surface area (Å²) in [4.78, 5) is 26.2. The fourth-order valence-corrected chi connectivity index (χ4v) is 4.10. The second-order valence-electron chi connectivity index (χ2n) is 6.23. The number of amides is 1. The smallest absolute Gasteiger partial charge is 0.246 e. The van der Waals surface area contributed by atoms with Crippen LogP contribution in [0.2, 0.25) is 0 Å². The normalized spacial score (nSPS) is 13.7. The summed E-state index contributed by atoms with van der Waals surface area (Å²) >= 11 is 1.30. The number of aryl methyl sites for hydroxylation is 2. The number of thioether (sulfide) groups is 1. The van der Waals surface area contributed by atoms with Gasteiger partial charge in [-0.2, -0.15) is 0 Å². The first-order chi connectivity index (χ1) is 13.0. The number of carbonyl (C=O) groups is 2. The van der Waals surface area contributed by atoms with Gasteiger partial charge in [-0.15, -0.1) is 10.2 Å². The van der Waals surface area contributed by atoms with E-state index in [-0.39, 0.29) is 11.7 Å². The van der Waals surface area contributed by atoms with Crippen LogP contribution in [0, 0.1) is 0 Å². The molecular weight excluding hydrogens is 360 g/mol. The van der Waals surface area contributed by atoms with Crippen LogP contribution in [0.25, 0.3) is 5.70 Å². The van der Waals surface area contributed by atoms with Gasteiger partial charge in [-0.3, -0.25) is 9.59 Å². The van der Waals surface area contributed by atoms with Crippen molar-refractivity contribution in [2.24, 2.45) is 0 Å². The Kier molecular flexibility index (Phi) is 5.79. The van der Waals surface area contributed by atoms with E-state index < -0.39 is 0 Å². The number of rotatable bonds is 6. The lowest BCUT2D eigenvalue weighted by atomic mass is 10.1. The molecule has 27 heavy (non-hydrogen) atoms. The Bertz CT molecular complexity index is 899. The van der Waals surface area contributed by atoms with Gasteiger partial charge < -0.3 is 0 Å². The lowest BCUT2D eigenvalue weighted by Gasteiger charge is -2.33. The van der Waals surface area contributed by atoms with E-state index in [1.165, 1.54) is 17.3 Å². The Morgan fingerprint density at radius 1 is 0.963 bits per heavy atom. The molecule has 0 N–H and O–H groups in total. The number of nitrogens with zero attached hydrogens (tertiary/aromatic N) is 4. The highest BCUT2D eigenvalue weighted by molar-refractivity contribution is 8.04. The molecule has 142 valence electrons. The predicted octanol–water partition coefficient (Wildman–Crippen LogP) is 3.73. The van der Waals surface area contributed by atoms with E-state index in [0.29, 0.717) is 40.8 Å². The highest BCUT2D eigenvalue weighted by Gasteiger charge is 2.35. The molecule has 0 saturated carbocycles. The molecule has 0 unspecified atom stereocenters. The highest BCUT2D eigenvalue weighted by atomic mass is 32.2. The number of carbonyl (C=O) groups excluding carboxylic acids is 2. The first-order valence-corrected chi connectivity index (χ1v) is 10.2. The predicted molar refractivity (Wildman–Crippen MR) is 107 cm³/mol. The minimum Gasteiger partial charge on any atom is -0.294 e. The van der Waals surface area contributed by atoms with E-state index in [4.69, 9.17) is 0 Å². The molecule has 7 heteroatoms. The molecule has 0 fully saturated rings. The van der Waals surface area contributed by atoms with E-state index >= 15 is 0 Å². The summed E-state index contributed by atoms with van der Waals surface area (Å²) in [6.45, 7) is 7.72. The van der Waals surface area contributed by atoms with Gasteiger partial charge in [0.15, 0.2) is 11.6 Å². The van der Waals surface area contributed by atoms with Crippen LogP contribution in [-0.2, 0) is 22.4 Å². The van der Waals surface area contributed by atoms with Crippen LogP contribution in [-0.4, -0.2) is 26.6 Å². The first kappa shape index (κ1) is 19.4. The molecular formula is C20H24N4O2S. The Morgan fingerprint density at radius 2 is 1.67 bits per heavy atom. The quantitative estimate of drug-likeness (QED) is 0.759. The van der Waals surface area contributed by atoms with Crippen LogP contribution in [0.3, 0.4) is 0 Å². The fourth-order valence-electron chi connectivity index (χ4n) is 3.00. The summed E-state index contributed by atoms with van der Waals surface area (Å²) in [5.74, 6) is 0.600. The van der Waals surface area contributed by atoms with Gasteiger partial charge in [0.25, 0.3) is 0 Å². The van der Waals surface area contributed by atoms with E-state index in [0.717, 1.165) is 12.0 Å². The number of benzene rings is 1. The van der Waals surface area contributed by atoms with Gasteiger partial charge in [0.05, 0.1) is 10.6 Å². The lowest BCUT2D eigenvalue weighted by molar-refractivity contribution is -0.119. The van der Waals surface area contributed by atoms with Crippen molar-refractivity contribution in [1.82, 2.24) is 14.9 Å². The summed E-state index contributed by atoms with van der Waals surface area (Å²) in [5.41, 5.74) is 2.68. The maximum absolute atomic E-state index is 13.0. The van der Waals surface area contributed by atoms with E-state index in [9.17, 15) is 9.59 Å². The van der Waals surface area contributed by atoms with E-state index in [2.05, 4.69) is 17.1 Å². The number of allylic oxidation sites excluding steroid dienone is 1. The van der Waals surface area contributed by atoms with E-state index in [1.807, 2.05) is 45.0 Å². The fraction of sp³-hybridized carbons (Fsp3) is 0.400. The van der Waals surface area contributed by atoms with Gasteiger partial charge in [-0.05, 0) is 23.7 Å². The van der Waals surface area contributed by atoms with Gasteiger partial charge in [0.1, 0.15) is 0 Å². The molecule has 3 rings (SSSR count). The van der Waals surface area contributed by atoms with Crippen LogP contribution in [0.15, 0.2) is 34.3 Å². The Balaban J connectivity index is 2.26. The van der Waals surface area contributed by atoms with Crippen molar-refractivity contribution in [1.29, 1.82) is 0 Å². The highest BCUT2D eigenvalue weighted by Crippen LogP contribution is 2.40. The zero-order chi connectivity index (χ0) is 19.6. The largest absolute Gasteiger partial charge is 0.294 e. The Labute approximate surface area is 163 Å². The first-order valence-electron chi connectivity index (χ1n) is 9.37. The molecule has 0 aliphatic carbocycles. The van der Waals surface area contributed by atoms with Crippen LogP contribution in [0.4, 0.5) is 0 Å². The summed E-state index contributed by atoms with van der Waals surface area (Å²) in [6, 6.07) is 8.04. The molecule has 1 amide bonds. The standard InChI is InChI=1S/C20H24N4O2S/c1-5-13-9-11-14(12-10-13)18-19(15(25)6-2)27-20-22-21-16(7-3)23(20)24(18)17(26)8-4/h9-12H,5-8H2,1-4H3. The summed E-state index contributed by atoms with van der Waals surface area (Å²) in [6.07, 6.45) is 2.25. The minimum absolute atomic E-state index is 0.00392. The number of hydrogen-bond donors (Lipinski definition) is 0. The van der Waals surface area contributed by atoms with Crippen molar-refractivity contribution < 1.29 is 9.59 Å². The summed E-state index contributed by atoms with van der Waals surface area (Å²) in [7, 11) is 0. The average molecular weight is 385 g/mol. The van der Waals surface area contributed by atoms with Gasteiger partial charge in [-0.25, -0.2) is 9.69 Å². The molecule has 6 nitrogen and oxygen atoms in total.